The zero-order valence-electron chi connectivity index (χ0n) is 31.4. The highest BCUT2D eigenvalue weighted by molar-refractivity contribution is 7.15. The Morgan fingerprint density at radius 2 is 0.881 bits per heavy atom. The van der Waals surface area contributed by atoms with Crippen LogP contribution in [0.4, 0.5) is 41.5 Å². The smallest absolute Gasteiger partial charge is 0.178 e. The third kappa shape index (κ3) is 4.03. The third-order valence-electron chi connectivity index (χ3n) is 7.08. The van der Waals surface area contributed by atoms with Crippen LogP contribution >= 0.6 is 22.7 Å². The number of rotatable bonds is 6. The Morgan fingerprint density at radius 3 is 1.26 bits per heavy atom. The number of hydrogen-bond donors (Lipinski definition) is 0. The van der Waals surface area contributed by atoms with Crippen LogP contribution in [0.5, 0.6) is 0 Å². The molecule has 202 valence electrons. The van der Waals surface area contributed by atoms with Crippen molar-refractivity contribution in [3.63, 3.8) is 0 Å². The molecule has 0 saturated heterocycles. The van der Waals surface area contributed by atoms with Gasteiger partial charge in [-0.1, -0.05) is 95.3 Å². The summed E-state index contributed by atoms with van der Waals surface area (Å²) in [5.74, 6) is 0. The van der Waals surface area contributed by atoms with Crippen LogP contribution < -0.4 is 9.80 Å². The van der Waals surface area contributed by atoms with Crippen molar-refractivity contribution in [3.05, 3.63) is 143 Å². The largest absolute Gasteiger partial charge is 0.301 e. The summed E-state index contributed by atoms with van der Waals surface area (Å²) >= 11 is 1.51. The van der Waals surface area contributed by atoms with Crippen molar-refractivity contribution >= 4 is 87.7 Å². The molecule has 0 saturated carbocycles. The van der Waals surface area contributed by atoms with Crippen molar-refractivity contribution in [2.45, 2.75) is 0 Å². The summed E-state index contributed by atoms with van der Waals surface area (Å²) in [6.45, 7) is 0. The number of hydrogen-bond acceptors (Lipinski definition) is 4. The monoisotopic (exact) mass is 594 g/mol. The van der Waals surface area contributed by atoms with Gasteiger partial charge in [0.2, 0.25) is 0 Å². The molecule has 2 nitrogen and oxygen atoms in total. The predicted molar refractivity (Wildman–Crippen MR) is 175 cm³/mol. The molecule has 0 fully saturated rings. The van der Waals surface area contributed by atoms with E-state index in [1.54, 1.807) is 12.1 Å². The van der Waals surface area contributed by atoms with Gasteiger partial charge in [0.05, 0.1) is 25.1 Å². The van der Waals surface area contributed by atoms with E-state index in [4.69, 9.17) is 13.7 Å². The highest BCUT2D eigenvalue weighted by Crippen LogP contribution is 2.48. The molecule has 42 heavy (non-hydrogen) atoms. The Kier molecular flexibility index (Phi) is 3.93. The fourth-order valence-electron chi connectivity index (χ4n) is 5.42. The molecular weight excluding hydrogens is 563 g/mol. The van der Waals surface area contributed by atoms with Crippen molar-refractivity contribution in [1.29, 1.82) is 0 Å². The molecule has 6 heteroatoms. The minimum atomic E-state index is -0.562. The quantitative estimate of drug-likeness (QED) is 0.177. The van der Waals surface area contributed by atoms with E-state index in [-0.39, 0.29) is 21.4 Å². The van der Waals surface area contributed by atoms with E-state index in [1.165, 1.54) is 34.1 Å². The van der Waals surface area contributed by atoms with Gasteiger partial charge in [-0.3, -0.25) is 0 Å². The van der Waals surface area contributed by atoms with Gasteiger partial charge in [0, 0.05) is 22.1 Å². The molecule has 0 aliphatic rings. The molecule has 0 aliphatic carbocycles. The number of benzene rings is 6. The molecule has 2 aromatic heterocycles. The first-order valence-electron chi connectivity index (χ1n) is 17.8. The van der Waals surface area contributed by atoms with Crippen LogP contribution in [-0.2, 0) is 0 Å². The van der Waals surface area contributed by atoms with Crippen molar-refractivity contribution in [2.75, 3.05) is 9.80 Å². The average Bonchev–Trinajstić information content (AvgIpc) is 3.78. The summed E-state index contributed by atoms with van der Waals surface area (Å²) in [7, 11) is 0. The Balaban J connectivity index is 1.46. The van der Waals surface area contributed by atoms with Gasteiger partial charge in [0.15, 0.2) is 10.3 Å². The van der Waals surface area contributed by atoms with Crippen molar-refractivity contribution in [3.8, 4) is 0 Å². The van der Waals surface area contributed by atoms with E-state index in [9.17, 15) is 8.78 Å². The maximum absolute atomic E-state index is 14.6. The zero-order valence-corrected chi connectivity index (χ0v) is 23.0. The third-order valence-corrected chi connectivity index (χ3v) is 8.80. The second-order valence-corrected chi connectivity index (χ2v) is 11.4. The Hall–Kier alpha value is -4.78. The average molecular weight is 595 g/mol. The normalized spacial score (nSPS) is 14.9. The highest BCUT2D eigenvalue weighted by atomic mass is 32.1. The van der Waals surface area contributed by atoms with Crippen molar-refractivity contribution in [2.24, 2.45) is 0 Å². The summed E-state index contributed by atoms with van der Waals surface area (Å²) in [6.07, 6.45) is 0. The first kappa shape index (κ1) is 16.6. The van der Waals surface area contributed by atoms with Crippen molar-refractivity contribution < 1.29 is 22.5 Å². The van der Waals surface area contributed by atoms with Crippen LogP contribution in [0, 0.1) is 10.3 Å². The lowest BCUT2D eigenvalue weighted by Crippen LogP contribution is -2.10. The minimum absolute atomic E-state index is 0.157. The molecule has 0 radical (unpaired) electrons. The molecule has 0 aliphatic heterocycles. The number of anilines is 6. The van der Waals surface area contributed by atoms with Crippen LogP contribution in [0.15, 0.2) is 133 Å². The summed E-state index contributed by atoms with van der Waals surface area (Å²) in [5.41, 5.74) is 0.511. The van der Waals surface area contributed by atoms with Gasteiger partial charge in [-0.25, -0.2) is 0 Å². The zero-order chi connectivity index (χ0) is 36.9. The lowest BCUT2D eigenvalue weighted by Gasteiger charge is -2.28. The molecule has 8 aromatic rings. The van der Waals surface area contributed by atoms with Gasteiger partial charge >= 0.3 is 0 Å². The molecule has 6 aromatic carbocycles. The van der Waals surface area contributed by atoms with E-state index in [1.807, 2.05) is 36.4 Å². The second kappa shape index (κ2) is 9.94. The molecule has 0 atom stereocenters. The van der Waals surface area contributed by atoms with Crippen LogP contribution in [0.2, 0.25) is 0 Å². The van der Waals surface area contributed by atoms with Crippen LogP contribution in [0.1, 0.15) is 13.7 Å². The lowest BCUT2D eigenvalue weighted by molar-refractivity contribution is 0.657. The molecule has 0 spiro atoms. The second-order valence-electron chi connectivity index (χ2n) is 9.37. The summed E-state index contributed by atoms with van der Waals surface area (Å²) in [6, 6.07) is 14.8. The van der Waals surface area contributed by atoms with Gasteiger partial charge < -0.3 is 9.80 Å². The SMILES string of the molecule is [2H]c1c([2H])c([2H])c(N(c2ccc(F)s2)c2ccc3ccc4c(N(c5ccc(F)s5)c5c([2H])c([2H])c([2H])c([2H])c5[2H])ccc5ccc2c3c54)c([2H])c1[2H]. The van der Waals surface area contributed by atoms with Crippen LogP contribution in [-0.4, -0.2) is 0 Å². The van der Waals surface area contributed by atoms with E-state index in [2.05, 4.69) is 0 Å². The molecule has 0 unspecified atom stereocenters. The molecule has 0 amide bonds. The molecule has 0 N–H and O–H groups in total. The maximum Gasteiger partial charge on any atom is 0.178 e. The van der Waals surface area contributed by atoms with Gasteiger partial charge in [-0.05, 0) is 82.1 Å². The Bertz CT molecular complexity index is 2520. The lowest BCUT2D eigenvalue weighted by atomic mass is 9.92. The molecular formula is C36H22F2N2S2. The van der Waals surface area contributed by atoms with Gasteiger partial charge in [0.25, 0.3) is 0 Å². The number of para-hydroxylation sites is 2. The highest BCUT2D eigenvalue weighted by Gasteiger charge is 2.22. The number of thiophene rings is 2. The molecule has 0 bridgehead atoms. The summed E-state index contributed by atoms with van der Waals surface area (Å²) in [5, 5.41) is 3.67. The standard InChI is InChI=1S/C36H22F2N2S2/c37-31-19-21-33(41-31)39(25-7-3-1-4-8-25)29-17-13-23-12-16-28-30(18-14-24-11-15-27(29)35(23)36(24)28)40(26-9-5-2-6-10-26)34-22-20-32(38)42-34/h1-22H/i1D,2D,3D,4D,5D,6D,7D,8D,9D,10D. The Labute approximate surface area is 263 Å². The van der Waals surface area contributed by atoms with Crippen LogP contribution in [0.3, 0.4) is 0 Å². The van der Waals surface area contributed by atoms with E-state index in [0.717, 1.165) is 33.4 Å². The van der Waals surface area contributed by atoms with Crippen LogP contribution in [0.25, 0.3) is 32.3 Å². The van der Waals surface area contributed by atoms with Gasteiger partial charge in [-0.2, -0.15) is 8.78 Å². The predicted octanol–water partition coefficient (Wildman–Crippen LogP) is 11.9. The van der Waals surface area contributed by atoms with Crippen molar-refractivity contribution in [1.82, 2.24) is 0 Å². The van der Waals surface area contributed by atoms with Gasteiger partial charge in [-0.15, -0.1) is 0 Å². The summed E-state index contributed by atoms with van der Waals surface area (Å²) in [4.78, 5) is 2.93. The minimum Gasteiger partial charge on any atom is -0.301 e. The fourth-order valence-corrected chi connectivity index (χ4v) is 6.92. The maximum atomic E-state index is 14.6. The van der Waals surface area contributed by atoms with E-state index in [0.29, 0.717) is 32.9 Å². The first-order valence-corrected chi connectivity index (χ1v) is 14.4. The number of nitrogens with zero attached hydrogens (tertiary/aromatic N) is 2. The first-order chi connectivity index (χ1) is 24.8. The number of halogens is 2. The van der Waals surface area contributed by atoms with Gasteiger partial charge in [0.1, 0.15) is 10.0 Å². The fraction of sp³-hybridized carbons (Fsp3) is 0. The topological polar surface area (TPSA) is 6.48 Å². The molecule has 2 heterocycles. The molecule has 8 rings (SSSR count). The van der Waals surface area contributed by atoms with E-state index < -0.39 is 70.7 Å². The summed E-state index contributed by atoms with van der Waals surface area (Å²) < 4.78 is 114. The Morgan fingerprint density at radius 1 is 0.476 bits per heavy atom. The van der Waals surface area contributed by atoms with E-state index >= 15 is 0 Å².